The summed E-state index contributed by atoms with van der Waals surface area (Å²) in [6, 6.07) is 12.8. The maximum Gasteiger partial charge on any atom is 0.217 e. The average Bonchev–Trinajstić information content (AvgIpc) is 3.35. The zero-order chi connectivity index (χ0) is 24.4. The van der Waals surface area contributed by atoms with Crippen LogP contribution in [0.5, 0.6) is 0 Å². The number of aromatic nitrogens is 5. The summed E-state index contributed by atoms with van der Waals surface area (Å²) >= 11 is 0. The van der Waals surface area contributed by atoms with Crippen LogP contribution in [0.3, 0.4) is 0 Å². The van der Waals surface area contributed by atoms with E-state index in [0.717, 1.165) is 0 Å². The molecule has 9 nitrogen and oxygen atoms in total. The molecule has 0 saturated carbocycles. The second kappa shape index (κ2) is 9.59. The molecule has 1 fully saturated rings. The third-order valence-electron chi connectivity index (χ3n) is 5.94. The minimum absolute atomic E-state index is 0.255. The van der Waals surface area contributed by atoms with Gasteiger partial charge in [-0.3, -0.25) is 4.98 Å². The lowest BCUT2D eigenvalue weighted by atomic mass is 9.93. The summed E-state index contributed by atoms with van der Waals surface area (Å²) in [7, 11) is 0. The molecule has 1 aromatic carbocycles. The number of benzene rings is 1. The summed E-state index contributed by atoms with van der Waals surface area (Å²) < 4.78 is 25.5. The number of nitrogens with zero attached hydrogens (tertiary/aromatic N) is 4. The minimum atomic E-state index is -0.695. The van der Waals surface area contributed by atoms with Gasteiger partial charge in [0.25, 0.3) is 0 Å². The van der Waals surface area contributed by atoms with Crippen molar-refractivity contribution in [2.75, 3.05) is 19.8 Å². The molecule has 4 aromatic rings. The van der Waals surface area contributed by atoms with Crippen molar-refractivity contribution in [2.45, 2.75) is 19.3 Å². The van der Waals surface area contributed by atoms with E-state index in [1.165, 1.54) is 12.1 Å². The molecule has 10 heteroatoms. The normalized spacial score (nSPS) is 21.1. The van der Waals surface area contributed by atoms with E-state index >= 15 is 0 Å². The van der Waals surface area contributed by atoms with E-state index in [0.29, 0.717) is 59.7 Å². The molecule has 0 bridgehead atoms. The van der Waals surface area contributed by atoms with Gasteiger partial charge in [-0.05, 0) is 42.5 Å². The first-order chi connectivity index (χ1) is 17.0. The molecule has 1 saturated heterocycles. The summed E-state index contributed by atoms with van der Waals surface area (Å²) in [6.07, 6.45) is 2.61. The molecular weight excluding hydrogens is 449 g/mol. The number of hydrogen-bond donors (Lipinski definition) is 3. The van der Waals surface area contributed by atoms with Crippen LogP contribution in [0.1, 0.15) is 36.6 Å². The van der Waals surface area contributed by atoms with Crippen molar-refractivity contribution in [1.29, 1.82) is 0 Å². The van der Waals surface area contributed by atoms with Crippen molar-refractivity contribution in [3.05, 3.63) is 84.1 Å². The highest BCUT2D eigenvalue weighted by molar-refractivity contribution is 5.76. The lowest BCUT2D eigenvalue weighted by molar-refractivity contribution is -0.231. The Kier molecular flexibility index (Phi) is 6.35. The monoisotopic (exact) mass is 475 g/mol. The smallest absolute Gasteiger partial charge is 0.217 e. The zero-order valence-electron chi connectivity index (χ0n) is 19.2. The van der Waals surface area contributed by atoms with E-state index in [1.807, 2.05) is 25.1 Å². The van der Waals surface area contributed by atoms with E-state index in [9.17, 15) is 4.39 Å². The minimum Gasteiger partial charge on any atom is -0.345 e. The molecule has 35 heavy (non-hydrogen) atoms. The van der Waals surface area contributed by atoms with Gasteiger partial charge in [-0.25, -0.2) is 19.3 Å². The standard InChI is InChI=1S/C25H26FN7O2/c1-25(12-27)13-34-24(35-14-25)23-32-20(15-5-7-16(26)8-6-15)21(33-23)18-9-11-30-22(31-18)19(28)17-4-2-3-10-29-17/h2-11,19,24H,12-14,27-28H2,1H3,(H,32,33). The molecule has 0 spiro atoms. The Hall–Kier alpha value is -3.57. The highest BCUT2D eigenvalue weighted by Crippen LogP contribution is 2.35. The molecule has 1 aliphatic rings. The molecule has 5 N–H and O–H groups in total. The van der Waals surface area contributed by atoms with E-state index in [2.05, 4.69) is 15.0 Å². The predicted molar refractivity (Wildman–Crippen MR) is 127 cm³/mol. The SMILES string of the molecule is CC1(CN)COC(c2nc(-c3ccc(F)cc3)c(-c3ccnc(C(N)c4ccccn4)n3)[nH]2)OC1. The maximum atomic E-state index is 13.6. The summed E-state index contributed by atoms with van der Waals surface area (Å²) in [5.74, 6) is 0.551. The molecule has 1 atom stereocenters. The average molecular weight is 476 g/mol. The Balaban J connectivity index is 1.53. The predicted octanol–water partition coefficient (Wildman–Crippen LogP) is 3.13. The molecule has 0 radical (unpaired) electrons. The van der Waals surface area contributed by atoms with Gasteiger partial charge >= 0.3 is 0 Å². The molecule has 180 valence electrons. The van der Waals surface area contributed by atoms with Crippen LogP contribution in [0, 0.1) is 11.2 Å². The molecule has 0 aliphatic carbocycles. The number of rotatable bonds is 6. The molecule has 1 unspecified atom stereocenters. The summed E-state index contributed by atoms with van der Waals surface area (Å²) in [5, 5.41) is 0. The number of hydrogen-bond acceptors (Lipinski definition) is 8. The zero-order valence-corrected chi connectivity index (χ0v) is 19.2. The van der Waals surface area contributed by atoms with Crippen LogP contribution in [-0.2, 0) is 9.47 Å². The van der Waals surface area contributed by atoms with Gasteiger partial charge in [0, 0.05) is 29.9 Å². The van der Waals surface area contributed by atoms with Gasteiger partial charge < -0.3 is 25.9 Å². The van der Waals surface area contributed by atoms with E-state index < -0.39 is 12.3 Å². The summed E-state index contributed by atoms with van der Waals surface area (Å²) in [5.41, 5.74) is 15.1. The van der Waals surface area contributed by atoms with Crippen LogP contribution in [0.4, 0.5) is 4.39 Å². The number of halogens is 1. The van der Waals surface area contributed by atoms with E-state index in [4.69, 9.17) is 30.9 Å². The van der Waals surface area contributed by atoms with E-state index in [-0.39, 0.29) is 11.2 Å². The van der Waals surface area contributed by atoms with Crippen LogP contribution < -0.4 is 11.5 Å². The highest BCUT2D eigenvalue weighted by Gasteiger charge is 2.34. The van der Waals surface area contributed by atoms with Crippen LogP contribution in [-0.4, -0.2) is 44.7 Å². The van der Waals surface area contributed by atoms with Crippen molar-refractivity contribution in [3.63, 3.8) is 0 Å². The van der Waals surface area contributed by atoms with Gasteiger partial charge in [0.2, 0.25) is 6.29 Å². The number of nitrogens with one attached hydrogen (secondary N) is 1. The number of nitrogens with two attached hydrogens (primary N) is 2. The molecule has 5 rings (SSSR count). The maximum absolute atomic E-state index is 13.6. The first-order valence-corrected chi connectivity index (χ1v) is 11.2. The summed E-state index contributed by atoms with van der Waals surface area (Å²) in [6.45, 7) is 3.33. The van der Waals surface area contributed by atoms with Crippen LogP contribution in [0.25, 0.3) is 22.6 Å². The van der Waals surface area contributed by atoms with Gasteiger partial charge in [-0.1, -0.05) is 13.0 Å². The Morgan fingerprint density at radius 3 is 2.51 bits per heavy atom. The Morgan fingerprint density at radius 2 is 1.83 bits per heavy atom. The van der Waals surface area contributed by atoms with Crippen molar-refractivity contribution < 1.29 is 13.9 Å². The number of aromatic amines is 1. The lowest BCUT2D eigenvalue weighted by Gasteiger charge is -2.35. The fourth-order valence-electron chi connectivity index (χ4n) is 3.78. The Morgan fingerprint density at radius 1 is 1.06 bits per heavy atom. The number of H-pyrrole nitrogens is 1. The fraction of sp³-hybridized carbons (Fsp3) is 0.280. The quantitative estimate of drug-likeness (QED) is 0.387. The van der Waals surface area contributed by atoms with Gasteiger partial charge in [0.1, 0.15) is 11.9 Å². The number of imidazole rings is 1. The Bertz CT molecular complexity index is 1290. The van der Waals surface area contributed by atoms with Crippen molar-refractivity contribution in [2.24, 2.45) is 16.9 Å². The molecule has 1 aliphatic heterocycles. The number of ether oxygens (including phenoxy) is 2. The van der Waals surface area contributed by atoms with Gasteiger partial charge in [0.15, 0.2) is 11.6 Å². The first kappa shape index (κ1) is 23.2. The van der Waals surface area contributed by atoms with Gasteiger partial charge in [0.05, 0.1) is 36.0 Å². The molecular formula is C25H26FN7O2. The van der Waals surface area contributed by atoms with E-state index in [1.54, 1.807) is 30.6 Å². The highest BCUT2D eigenvalue weighted by atomic mass is 19.1. The topological polar surface area (TPSA) is 138 Å². The molecule has 3 aromatic heterocycles. The summed E-state index contributed by atoms with van der Waals surface area (Å²) in [4.78, 5) is 21.4. The molecule has 4 heterocycles. The second-order valence-corrected chi connectivity index (χ2v) is 8.85. The molecule has 0 amide bonds. The largest absolute Gasteiger partial charge is 0.345 e. The first-order valence-electron chi connectivity index (χ1n) is 11.2. The van der Waals surface area contributed by atoms with Crippen LogP contribution >= 0.6 is 0 Å². The Labute approximate surface area is 201 Å². The van der Waals surface area contributed by atoms with Crippen molar-refractivity contribution in [3.8, 4) is 22.6 Å². The van der Waals surface area contributed by atoms with Crippen molar-refractivity contribution in [1.82, 2.24) is 24.9 Å². The lowest BCUT2D eigenvalue weighted by Crippen LogP contribution is -2.42. The number of pyridine rings is 1. The van der Waals surface area contributed by atoms with Gasteiger partial charge in [-0.15, -0.1) is 0 Å². The fourth-order valence-corrected chi connectivity index (χ4v) is 3.78. The second-order valence-electron chi connectivity index (χ2n) is 8.85. The third kappa shape index (κ3) is 4.82. The van der Waals surface area contributed by atoms with Crippen molar-refractivity contribution >= 4 is 0 Å². The van der Waals surface area contributed by atoms with Crippen LogP contribution in [0.15, 0.2) is 60.9 Å². The third-order valence-corrected chi connectivity index (χ3v) is 5.94. The van der Waals surface area contributed by atoms with Gasteiger partial charge in [-0.2, -0.15) is 0 Å². The van der Waals surface area contributed by atoms with Crippen LogP contribution in [0.2, 0.25) is 0 Å².